The van der Waals surface area contributed by atoms with Crippen molar-refractivity contribution in [2.75, 3.05) is 12.3 Å². The molecule has 3 rings (SSSR count). The first-order valence-corrected chi connectivity index (χ1v) is 7.59. The van der Waals surface area contributed by atoms with Gasteiger partial charge in [-0.05, 0) is 62.7 Å². The molecule has 0 bridgehead atoms. The molecule has 2 heterocycles. The number of ether oxygens (including phenoxy) is 1. The molecule has 4 nitrogen and oxygen atoms in total. The molecule has 0 spiro atoms. The van der Waals surface area contributed by atoms with E-state index in [1.165, 1.54) is 0 Å². The zero-order valence-corrected chi connectivity index (χ0v) is 13.8. The zero-order chi connectivity index (χ0) is 16.6. The van der Waals surface area contributed by atoms with E-state index < -0.39 is 0 Å². The molecule has 118 valence electrons. The molecule has 0 aliphatic carbocycles. The SMILES string of the molecule is C=C(C)COc1ccc(-c2nc3ccc(N)c(C)n3c2C)cc1. The maximum absolute atomic E-state index is 6.01. The third-order valence-electron chi connectivity index (χ3n) is 3.91. The first-order valence-electron chi connectivity index (χ1n) is 7.59. The highest BCUT2D eigenvalue weighted by Crippen LogP contribution is 2.28. The maximum Gasteiger partial charge on any atom is 0.138 e. The van der Waals surface area contributed by atoms with E-state index in [0.717, 1.165) is 45.3 Å². The molecule has 0 aliphatic rings. The Bertz CT molecular complexity index is 876. The van der Waals surface area contributed by atoms with E-state index >= 15 is 0 Å². The zero-order valence-electron chi connectivity index (χ0n) is 13.8. The predicted octanol–water partition coefficient (Wildman–Crippen LogP) is 4.16. The lowest BCUT2D eigenvalue weighted by molar-refractivity contribution is 0.353. The number of rotatable bonds is 4. The third kappa shape index (κ3) is 2.80. The number of aromatic nitrogens is 2. The Hall–Kier alpha value is -2.75. The van der Waals surface area contributed by atoms with Crippen LogP contribution in [-0.4, -0.2) is 16.0 Å². The van der Waals surface area contributed by atoms with Crippen LogP contribution in [0.3, 0.4) is 0 Å². The normalized spacial score (nSPS) is 10.9. The third-order valence-corrected chi connectivity index (χ3v) is 3.91. The van der Waals surface area contributed by atoms with Gasteiger partial charge < -0.3 is 10.5 Å². The van der Waals surface area contributed by atoms with Crippen LogP contribution in [-0.2, 0) is 0 Å². The Morgan fingerprint density at radius 1 is 1.13 bits per heavy atom. The smallest absolute Gasteiger partial charge is 0.138 e. The Balaban J connectivity index is 1.99. The predicted molar refractivity (Wildman–Crippen MR) is 94.8 cm³/mol. The molecular weight excluding hydrogens is 286 g/mol. The van der Waals surface area contributed by atoms with Crippen LogP contribution < -0.4 is 10.5 Å². The fraction of sp³-hybridized carbons (Fsp3) is 0.211. The summed E-state index contributed by atoms with van der Waals surface area (Å²) in [5.74, 6) is 0.832. The number of nitrogens with zero attached hydrogens (tertiary/aromatic N) is 2. The molecule has 2 N–H and O–H groups in total. The highest BCUT2D eigenvalue weighted by molar-refractivity contribution is 5.68. The van der Waals surface area contributed by atoms with E-state index in [0.29, 0.717) is 6.61 Å². The van der Waals surface area contributed by atoms with Crippen molar-refractivity contribution in [1.29, 1.82) is 0 Å². The van der Waals surface area contributed by atoms with Crippen LogP contribution in [0, 0.1) is 13.8 Å². The van der Waals surface area contributed by atoms with Crippen LogP contribution in [0.5, 0.6) is 5.75 Å². The Morgan fingerprint density at radius 3 is 2.48 bits per heavy atom. The van der Waals surface area contributed by atoms with E-state index in [1.807, 2.05) is 50.2 Å². The van der Waals surface area contributed by atoms with E-state index in [9.17, 15) is 0 Å². The van der Waals surface area contributed by atoms with Gasteiger partial charge in [0.25, 0.3) is 0 Å². The van der Waals surface area contributed by atoms with Crippen LogP contribution in [0.2, 0.25) is 0 Å². The quantitative estimate of drug-likeness (QED) is 0.736. The highest BCUT2D eigenvalue weighted by atomic mass is 16.5. The standard InChI is InChI=1S/C19H21N3O/c1-12(2)11-23-16-7-5-15(6-8-16)19-14(4)22-13(3)17(20)9-10-18(22)21-19/h5-10H,1,11,20H2,2-4H3. The number of anilines is 1. The van der Waals surface area contributed by atoms with Gasteiger partial charge in [-0.2, -0.15) is 0 Å². The number of hydrogen-bond donors (Lipinski definition) is 1. The van der Waals surface area contributed by atoms with Crippen LogP contribution >= 0.6 is 0 Å². The van der Waals surface area contributed by atoms with Crippen LogP contribution in [0.15, 0.2) is 48.6 Å². The molecule has 0 amide bonds. The Kier molecular flexibility index (Phi) is 3.82. The van der Waals surface area contributed by atoms with Crippen LogP contribution in [0.4, 0.5) is 5.69 Å². The second-order valence-electron chi connectivity index (χ2n) is 5.88. The lowest BCUT2D eigenvalue weighted by Gasteiger charge is -2.07. The molecule has 23 heavy (non-hydrogen) atoms. The number of benzene rings is 1. The first-order chi connectivity index (χ1) is 11.0. The van der Waals surface area contributed by atoms with Gasteiger partial charge in [0.05, 0.1) is 11.4 Å². The van der Waals surface area contributed by atoms with Gasteiger partial charge >= 0.3 is 0 Å². The minimum absolute atomic E-state index is 0.533. The molecule has 0 fully saturated rings. The van der Waals surface area contributed by atoms with Crippen molar-refractivity contribution in [2.45, 2.75) is 20.8 Å². The van der Waals surface area contributed by atoms with Gasteiger partial charge in [-0.1, -0.05) is 6.58 Å². The van der Waals surface area contributed by atoms with E-state index in [-0.39, 0.29) is 0 Å². The van der Waals surface area contributed by atoms with Crippen LogP contribution in [0.1, 0.15) is 18.3 Å². The lowest BCUT2D eigenvalue weighted by Crippen LogP contribution is -1.99. The number of hydrogen-bond acceptors (Lipinski definition) is 3. The second kappa shape index (κ2) is 5.80. The fourth-order valence-electron chi connectivity index (χ4n) is 2.66. The number of pyridine rings is 1. The summed E-state index contributed by atoms with van der Waals surface area (Å²) in [7, 11) is 0. The van der Waals surface area contributed by atoms with Crippen molar-refractivity contribution in [3.05, 3.63) is 59.9 Å². The monoisotopic (exact) mass is 307 g/mol. The molecule has 4 heteroatoms. The van der Waals surface area contributed by atoms with Gasteiger partial charge in [-0.15, -0.1) is 0 Å². The molecule has 1 aromatic carbocycles. The topological polar surface area (TPSA) is 52.5 Å². The Labute approximate surface area is 136 Å². The van der Waals surface area contributed by atoms with Gasteiger partial charge in [0, 0.05) is 17.0 Å². The molecular formula is C19H21N3O. The fourth-order valence-corrected chi connectivity index (χ4v) is 2.66. The van der Waals surface area contributed by atoms with Crippen molar-refractivity contribution >= 4 is 11.3 Å². The second-order valence-corrected chi connectivity index (χ2v) is 5.88. The lowest BCUT2D eigenvalue weighted by atomic mass is 10.1. The summed E-state index contributed by atoms with van der Waals surface area (Å²) in [5, 5.41) is 0. The van der Waals surface area contributed by atoms with Gasteiger partial charge in [0.1, 0.15) is 18.0 Å². The molecule has 0 unspecified atom stereocenters. The van der Waals surface area contributed by atoms with Crippen molar-refractivity contribution in [3.8, 4) is 17.0 Å². The van der Waals surface area contributed by atoms with Crippen molar-refractivity contribution in [1.82, 2.24) is 9.38 Å². The average Bonchev–Trinajstić information content (AvgIpc) is 2.87. The molecule has 0 radical (unpaired) electrons. The maximum atomic E-state index is 6.01. The van der Waals surface area contributed by atoms with E-state index in [4.69, 9.17) is 15.5 Å². The molecule has 2 aromatic heterocycles. The minimum Gasteiger partial charge on any atom is -0.489 e. The summed E-state index contributed by atoms with van der Waals surface area (Å²) in [5.41, 5.74) is 12.8. The number of nitrogen functional groups attached to an aromatic ring is 1. The summed E-state index contributed by atoms with van der Waals surface area (Å²) in [4.78, 5) is 4.74. The minimum atomic E-state index is 0.533. The average molecular weight is 307 g/mol. The summed E-state index contributed by atoms with van der Waals surface area (Å²) in [6.45, 7) is 10.4. The van der Waals surface area contributed by atoms with Crippen LogP contribution in [0.25, 0.3) is 16.9 Å². The molecule has 3 aromatic rings. The van der Waals surface area contributed by atoms with Crippen molar-refractivity contribution in [2.24, 2.45) is 0 Å². The summed E-state index contributed by atoms with van der Waals surface area (Å²) < 4.78 is 7.73. The summed E-state index contributed by atoms with van der Waals surface area (Å²) in [6, 6.07) is 11.8. The van der Waals surface area contributed by atoms with Gasteiger partial charge in [0.15, 0.2) is 0 Å². The van der Waals surface area contributed by atoms with E-state index in [1.54, 1.807) is 0 Å². The van der Waals surface area contributed by atoms with Gasteiger partial charge in [0.2, 0.25) is 0 Å². The largest absolute Gasteiger partial charge is 0.489 e. The summed E-state index contributed by atoms with van der Waals surface area (Å²) >= 11 is 0. The molecule has 0 atom stereocenters. The highest BCUT2D eigenvalue weighted by Gasteiger charge is 2.13. The van der Waals surface area contributed by atoms with Crippen molar-refractivity contribution < 1.29 is 4.74 Å². The first kappa shape index (κ1) is 15.2. The van der Waals surface area contributed by atoms with Gasteiger partial charge in [-0.3, -0.25) is 4.40 Å². The van der Waals surface area contributed by atoms with Crippen molar-refractivity contribution in [3.63, 3.8) is 0 Å². The number of aryl methyl sites for hydroxylation is 2. The molecule has 0 saturated carbocycles. The van der Waals surface area contributed by atoms with Gasteiger partial charge in [-0.25, -0.2) is 4.98 Å². The number of nitrogens with two attached hydrogens (primary N) is 1. The summed E-state index contributed by atoms with van der Waals surface area (Å²) in [6.07, 6.45) is 0. The van der Waals surface area contributed by atoms with E-state index in [2.05, 4.69) is 17.9 Å². The Morgan fingerprint density at radius 2 is 1.83 bits per heavy atom. The molecule has 0 saturated heterocycles. The molecule has 0 aliphatic heterocycles. The number of imidazole rings is 1. The number of fused-ring (bicyclic) bond motifs is 1.